The highest BCUT2D eigenvalue weighted by molar-refractivity contribution is 5.86. The third-order valence-electron chi connectivity index (χ3n) is 3.95. The standard InChI is InChI=1S/C20H25N3O2/c1-15(19(24)23(2)3)21-20(25)22-18(17-12-8-5-9-13-17)14-16-10-6-4-7-11-16/h4-13,15,18H,14H2,1-3H3,(H2,21,22,25). The predicted octanol–water partition coefficient (Wildman–Crippen LogP) is 2.75. The number of benzene rings is 2. The van der Waals surface area contributed by atoms with Crippen molar-refractivity contribution < 1.29 is 9.59 Å². The smallest absolute Gasteiger partial charge is 0.315 e. The largest absolute Gasteiger partial charge is 0.347 e. The first-order valence-corrected chi connectivity index (χ1v) is 8.34. The van der Waals surface area contributed by atoms with Crippen LogP contribution in [-0.4, -0.2) is 37.0 Å². The third kappa shape index (κ3) is 5.64. The van der Waals surface area contributed by atoms with Crippen LogP contribution in [0, 0.1) is 0 Å². The van der Waals surface area contributed by atoms with Crippen LogP contribution in [-0.2, 0) is 11.2 Å². The molecule has 0 aliphatic heterocycles. The normalized spacial score (nSPS) is 12.8. The molecule has 0 aliphatic carbocycles. The molecule has 5 heteroatoms. The molecule has 0 fully saturated rings. The summed E-state index contributed by atoms with van der Waals surface area (Å²) in [6.07, 6.45) is 0.675. The van der Waals surface area contributed by atoms with E-state index in [1.165, 1.54) is 4.90 Å². The molecule has 0 heterocycles. The molecule has 0 saturated heterocycles. The summed E-state index contributed by atoms with van der Waals surface area (Å²) in [5.41, 5.74) is 2.15. The Kier molecular flexibility index (Phi) is 6.57. The number of rotatable bonds is 6. The van der Waals surface area contributed by atoms with Gasteiger partial charge < -0.3 is 15.5 Å². The molecule has 0 aliphatic rings. The van der Waals surface area contributed by atoms with E-state index in [2.05, 4.69) is 10.6 Å². The molecular weight excluding hydrogens is 314 g/mol. The summed E-state index contributed by atoms with van der Waals surface area (Å²) in [5.74, 6) is -0.144. The number of nitrogens with one attached hydrogen (secondary N) is 2. The van der Waals surface area contributed by atoms with Crippen molar-refractivity contribution >= 4 is 11.9 Å². The molecule has 0 spiro atoms. The number of hydrogen-bond acceptors (Lipinski definition) is 2. The monoisotopic (exact) mass is 339 g/mol. The molecule has 2 N–H and O–H groups in total. The Morgan fingerprint density at radius 1 is 0.920 bits per heavy atom. The van der Waals surface area contributed by atoms with Crippen molar-refractivity contribution in [1.82, 2.24) is 15.5 Å². The predicted molar refractivity (Wildman–Crippen MR) is 99.2 cm³/mol. The van der Waals surface area contributed by atoms with E-state index in [4.69, 9.17) is 0 Å². The van der Waals surface area contributed by atoms with Gasteiger partial charge in [-0.25, -0.2) is 4.79 Å². The molecule has 132 valence electrons. The molecule has 2 aromatic carbocycles. The SMILES string of the molecule is CC(NC(=O)NC(Cc1ccccc1)c1ccccc1)C(=O)N(C)C. The topological polar surface area (TPSA) is 61.4 Å². The van der Waals surface area contributed by atoms with Gasteiger partial charge in [0.2, 0.25) is 5.91 Å². The van der Waals surface area contributed by atoms with Gasteiger partial charge in [0, 0.05) is 14.1 Å². The molecule has 2 rings (SSSR count). The lowest BCUT2D eigenvalue weighted by atomic mass is 9.99. The zero-order chi connectivity index (χ0) is 18.2. The molecule has 0 radical (unpaired) electrons. The first kappa shape index (κ1) is 18.5. The summed E-state index contributed by atoms with van der Waals surface area (Å²) in [7, 11) is 3.33. The Bertz CT molecular complexity index is 687. The minimum atomic E-state index is -0.580. The molecule has 0 bridgehead atoms. The fraction of sp³-hybridized carbons (Fsp3) is 0.300. The Labute approximate surface area is 149 Å². The molecule has 2 unspecified atom stereocenters. The lowest BCUT2D eigenvalue weighted by molar-refractivity contribution is -0.130. The highest BCUT2D eigenvalue weighted by Crippen LogP contribution is 2.18. The van der Waals surface area contributed by atoms with E-state index < -0.39 is 6.04 Å². The van der Waals surface area contributed by atoms with Crippen LogP contribution in [0.1, 0.15) is 24.1 Å². The molecule has 0 aromatic heterocycles. The van der Waals surface area contributed by atoms with Gasteiger partial charge >= 0.3 is 6.03 Å². The van der Waals surface area contributed by atoms with Crippen molar-refractivity contribution in [2.45, 2.75) is 25.4 Å². The van der Waals surface area contributed by atoms with Gasteiger partial charge in [-0.3, -0.25) is 4.79 Å². The van der Waals surface area contributed by atoms with Gasteiger partial charge in [-0.2, -0.15) is 0 Å². The molecule has 3 amide bonds. The number of urea groups is 1. The second-order valence-electron chi connectivity index (χ2n) is 6.23. The quantitative estimate of drug-likeness (QED) is 0.850. The summed E-state index contributed by atoms with van der Waals surface area (Å²) in [4.78, 5) is 25.7. The number of carbonyl (C=O) groups excluding carboxylic acids is 2. The van der Waals surface area contributed by atoms with Crippen molar-refractivity contribution in [1.29, 1.82) is 0 Å². The first-order chi connectivity index (χ1) is 12.0. The van der Waals surface area contributed by atoms with Crippen LogP contribution in [0.2, 0.25) is 0 Å². The van der Waals surface area contributed by atoms with E-state index >= 15 is 0 Å². The Morgan fingerprint density at radius 3 is 2.04 bits per heavy atom. The van der Waals surface area contributed by atoms with E-state index in [0.717, 1.165) is 11.1 Å². The summed E-state index contributed by atoms with van der Waals surface area (Å²) in [6.45, 7) is 1.68. The van der Waals surface area contributed by atoms with E-state index in [-0.39, 0.29) is 18.0 Å². The molecule has 5 nitrogen and oxygen atoms in total. The van der Waals surface area contributed by atoms with Crippen LogP contribution in [0.3, 0.4) is 0 Å². The van der Waals surface area contributed by atoms with Crippen LogP contribution < -0.4 is 10.6 Å². The highest BCUT2D eigenvalue weighted by atomic mass is 16.2. The lowest BCUT2D eigenvalue weighted by Crippen LogP contribution is -2.49. The van der Waals surface area contributed by atoms with Gasteiger partial charge in [-0.15, -0.1) is 0 Å². The summed E-state index contributed by atoms with van der Waals surface area (Å²) >= 11 is 0. The Balaban J connectivity index is 2.08. The van der Waals surface area contributed by atoms with Gasteiger partial charge in [0.25, 0.3) is 0 Å². The zero-order valence-electron chi connectivity index (χ0n) is 14.9. The fourth-order valence-corrected chi connectivity index (χ4v) is 2.63. The number of amides is 3. The van der Waals surface area contributed by atoms with E-state index in [9.17, 15) is 9.59 Å². The number of carbonyl (C=O) groups is 2. The second-order valence-corrected chi connectivity index (χ2v) is 6.23. The maximum Gasteiger partial charge on any atom is 0.315 e. The van der Waals surface area contributed by atoms with E-state index in [0.29, 0.717) is 6.42 Å². The number of likely N-dealkylation sites (N-methyl/N-ethyl adjacent to an activating group) is 1. The zero-order valence-corrected chi connectivity index (χ0v) is 14.9. The Morgan fingerprint density at radius 2 is 1.48 bits per heavy atom. The van der Waals surface area contributed by atoms with Crippen LogP contribution >= 0.6 is 0 Å². The minimum absolute atomic E-state index is 0.144. The van der Waals surface area contributed by atoms with Crippen molar-refractivity contribution in [2.24, 2.45) is 0 Å². The molecule has 2 aromatic rings. The number of hydrogen-bond donors (Lipinski definition) is 2. The van der Waals surface area contributed by atoms with E-state index in [1.54, 1.807) is 21.0 Å². The maximum atomic E-state index is 12.4. The molecule has 0 saturated carbocycles. The van der Waals surface area contributed by atoms with Crippen molar-refractivity contribution in [3.8, 4) is 0 Å². The van der Waals surface area contributed by atoms with Gasteiger partial charge in [0.05, 0.1) is 6.04 Å². The van der Waals surface area contributed by atoms with Crippen molar-refractivity contribution in [2.75, 3.05) is 14.1 Å². The molecular formula is C20H25N3O2. The van der Waals surface area contributed by atoms with Gasteiger partial charge in [0.15, 0.2) is 0 Å². The van der Waals surface area contributed by atoms with Gasteiger partial charge in [-0.05, 0) is 24.5 Å². The lowest BCUT2D eigenvalue weighted by Gasteiger charge is -2.22. The summed E-state index contributed by atoms with van der Waals surface area (Å²) in [6, 6.07) is 18.7. The van der Waals surface area contributed by atoms with Crippen LogP contribution in [0.25, 0.3) is 0 Å². The third-order valence-corrected chi connectivity index (χ3v) is 3.95. The average molecular weight is 339 g/mol. The van der Waals surface area contributed by atoms with Crippen LogP contribution in [0.5, 0.6) is 0 Å². The van der Waals surface area contributed by atoms with Crippen molar-refractivity contribution in [3.63, 3.8) is 0 Å². The van der Waals surface area contributed by atoms with Gasteiger partial charge in [0.1, 0.15) is 6.04 Å². The first-order valence-electron chi connectivity index (χ1n) is 8.34. The highest BCUT2D eigenvalue weighted by Gasteiger charge is 2.20. The van der Waals surface area contributed by atoms with Crippen LogP contribution in [0.15, 0.2) is 60.7 Å². The fourth-order valence-electron chi connectivity index (χ4n) is 2.63. The molecule has 2 atom stereocenters. The Hall–Kier alpha value is -2.82. The maximum absolute atomic E-state index is 12.4. The summed E-state index contributed by atoms with van der Waals surface area (Å²) in [5, 5.41) is 5.69. The number of nitrogens with zero attached hydrogens (tertiary/aromatic N) is 1. The van der Waals surface area contributed by atoms with E-state index in [1.807, 2.05) is 60.7 Å². The average Bonchev–Trinajstić information content (AvgIpc) is 2.62. The minimum Gasteiger partial charge on any atom is -0.347 e. The molecule has 25 heavy (non-hydrogen) atoms. The van der Waals surface area contributed by atoms with Crippen LogP contribution in [0.4, 0.5) is 4.79 Å². The summed E-state index contributed by atoms with van der Waals surface area (Å²) < 4.78 is 0. The van der Waals surface area contributed by atoms with Gasteiger partial charge in [-0.1, -0.05) is 60.7 Å². The van der Waals surface area contributed by atoms with Crippen molar-refractivity contribution in [3.05, 3.63) is 71.8 Å². The second kappa shape index (κ2) is 8.87.